The Hall–Kier alpha value is -1.43. The summed E-state index contributed by atoms with van der Waals surface area (Å²) in [5.41, 5.74) is 7.74. The Kier molecular flexibility index (Phi) is 6.36. The van der Waals surface area contributed by atoms with E-state index < -0.39 is 6.04 Å². The molecule has 5 heteroatoms. The summed E-state index contributed by atoms with van der Waals surface area (Å²) in [4.78, 5) is 14.3. The summed E-state index contributed by atoms with van der Waals surface area (Å²) >= 11 is 0. The van der Waals surface area contributed by atoms with Gasteiger partial charge in [-0.05, 0) is 49.5 Å². The summed E-state index contributed by atoms with van der Waals surface area (Å²) in [5, 5.41) is 2.81. The molecule has 22 heavy (non-hydrogen) atoms. The van der Waals surface area contributed by atoms with Gasteiger partial charge >= 0.3 is 0 Å². The zero-order valence-electron chi connectivity index (χ0n) is 13.5. The average molecular weight is 305 g/mol. The Labute approximate surface area is 132 Å². The van der Waals surface area contributed by atoms with Gasteiger partial charge in [0.25, 0.3) is 0 Å². The minimum Gasteiger partial charge on any atom is -0.383 e. The number of hydrogen-bond acceptors (Lipinski definition) is 4. The molecule has 1 aliphatic heterocycles. The van der Waals surface area contributed by atoms with E-state index in [1.165, 1.54) is 38.6 Å². The van der Waals surface area contributed by atoms with E-state index in [0.29, 0.717) is 0 Å². The second-order valence-electron chi connectivity index (χ2n) is 6.21. The molecule has 5 nitrogen and oxygen atoms in total. The van der Waals surface area contributed by atoms with Crippen molar-refractivity contribution in [1.29, 1.82) is 0 Å². The van der Waals surface area contributed by atoms with Crippen molar-refractivity contribution >= 4 is 11.6 Å². The smallest absolute Gasteiger partial charge is 0.243 e. The Morgan fingerprint density at radius 3 is 2.59 bits per heavy atom. The predicted octanol–water partition coefficient (Wildman–Crippen LogP) is 1.83. The summed E-state index contributed by atoms with van der Waals surface area (Å²) in [6.45, 7) is 5.86. The van der Waals surface area contributed by atoms with Crippen molar-refractivity contribution in [3.8, 4) is 0 Å². The van der Waals surface area contributed by atoms with Gasteiger partial charge in [-0.2, -0.15) is 0 Å². The maximum Gasteiger partial charge on any atom is 0.243 e. The van der Waals surface area contributed by atoms with Gasteiger partial charge in [-0.25, -0.2) is 0 Å². The number of piperidine rings is 1. The van der Waals surface area contributed by atoms with E-state index in [9.17, 15) is 4.79 Å². The first-order valence-corrected chi connectivity index (χ1v) is 7.95. The highest BCUT2D eigenvalue weighted by Crippen LogP contribution is 2.19. The molecular formula is C17H27N3O2. The minimum absolute atomic E-state index is 0.220. The van der Waals surface area contributed by atoms with E-state index in [2.05, 4.69) is 29.3 Å². The molecule has 1 heterocycles. The zero-order valence-corrected chi connectivity index (χ0v) is 13.5. The molecule has 0 saturated carbocycles. The van der Waals surface area contributed by atoms with Crippen LogP contribution in [-0.2, 0) is 16.1 Å². The number of methoxy groups -OCH3 is 1. The lowest BCUT2D eigenvalue weighted by atomic mass is 9.99. The molecule has 3 N–H and O–H groups in total. The van der Waals surface area contributed by atoms with Crippen molar-refractivity contribution in [1.82, 2.24) is 4.90 Å². The molecule has 0 spiro atoms. The molecule has 1 aromatic rings. The van der Waals surface area contributed by atoms with Crippen molar-refractivity contribution in [2.75, 3.05) is 32.1 Å². The van der Waals surface area contributed by atoms with Crippen molar-refractivity contribution in [2.45, 2.75) is 32.4 Å². The van der Waals surface area contributed by atoms with Gasteiger partial charge in [0.1, 0.15) is 6.04 Å². The third-order valence-corrected chi connectivity index (χ3v) is 4.19. The number of carbonyl (C=O) groups excluding carboxylic acids is 1. The van der Waals surface area contributed by atoms with E-state index in [4.69, 9.17) is 10.5 Å². The standard InChI is InChI=1S/C17H27N3O2/c1-13-7-9-20(10-8-13)11-14-3-5-15(6-4-14)19-17(21)16(18)12-22-2/h3-6,13,16H,7-12,18H2,1-2H3,(H,19,21). The predicted molar refractivity (Wildman–Crippen MR) is 88.6 cm³/mol. The van der Waals surface area contributed by atoms with Gasteiger partial charge < -0.3 is 15.8 Å². The Morgan fingerprint density at radius 1 is 1.36 bits per heavy atom. The summed E-state index contributed by atoms with van der Waals surface area (Å²) in [5.74, 6) is 0.629. The normalized spacial score (nSPS) is 18.1. The third-order valence-electron chi connectivity index (χ3n) is 4.19. The van der Waals surface area contributed by atoms with Crippen LogP contribution in [0.4, 0.5) is 5.69 Å². The number of nitrogens with zero attached hydrogens (tertiary/aromatic N) is 1. The van der Waals surface area contributed by atoms with Crippen LogP contribution in [0, 0.1) is 5.92 Å². The Balaban J connectivity index is 1.83. The summed E-state index contributed by atoms with van der Waals surface area (Å²) in [6, 6.07) is 7.35. The highest BCUT2D eigenvalue weighted by molar-refractivity contribution is 5.94. The number of hydrogen-bond donors (Lipinski definition) is 2. The number of nitrogens with one attached hydrogen (secondary N) is 1. The van der Waals surface area contributed by atoms with Crippen molar-refractivity contribution in [3.63, 3.8) is 0 Å². The van der Waals surface area contributed by atoms with Crippen molar-refractivity contribution < 1.29 is 9.53 Å². The van der Waals surface area contributed by atoms with Crippen LogP contribution in [0.25, 0.3) is 0 Å². The molecule has 1 fully saturated rings. The summed E-state index contributed by atoms with van der Waals surface area (Å²) in [6.07, 6.45) is 2.57. The second kappa shape index (κ2) is 8.27. The maximum absolute atomic E-state index is 11.8. The molecule has 0 radical (unpaired) electrons. The van der Waals surface area contributed by atoms with E-state index in [1.807, 2.05) is 12.1 Å². The van der Waals surface area contributed by atoms with Crippen LogP contribution in [-0.4, -0.2) is 43.7 Å². The maximum atomic E-state index is 11.8. The molecule has 0 aromatic heterocycles. The zero-order chi connectivity index (χ0) is 15.9. The van der Waals surface area contributed by atoms with Gasteiger partial charge in [0.2, 0.25) is 5.91 Å². The molecule has 0 bridgehead atoms. The van der Waals surface area contributed by atoms with Crippen LogP contribution < -0.4 is 11.1 Å². The van der Waals surface area contributed by atoms with Crippen LogP contribution in [0.2, 0.25) is 0 Å². The van der Waals surface area contributed by atoms with E-state index in [1.54, 1.807) is 0 Å². The number of anilines is 1. The number of rotatable bonds is 6. The highest BCUT2D eigenvalue weighted by Gasteiger charge is 2.16. The molecule has 122 valence electrons. The first kappa shape index (κ1) is 16.9. The fourth-order valence-corrected chi connectivity index (χ4v) is 2.66. The van der Waals surface area contributed by atoms with Crippen molar-refractivity contribution in [2.24, 2.45) is 11.7 Å². The fraction of sp³-hybridized carbons (Fsp3) is 0.588. The monoisotopic (exact) mass is 305 g/mol. The van der Waals surface area contributed by atoms with Crippen LogP contribution in [0.15, 0.2) is 24.3 Å². The largest absolute Gasteiger partial charge is 0.383 e. The van der Waals surface area contributed by atoms with Gasteiger partial charge in [0.15, 0.2) is 0 Å². The molecule has 0 aliphatic carbocycles. The molecular weight excluding hydrogens is 278 g/mol. The quantitative estimate of drug-likeness (QED) is 0.841. The number of amides is 1. The van der Waals surface area contributed by atoms with E-state index >= 15 is 0 Å². The van der Waals surface area contributed by atoms with Crippen LogP contribution >= 0.6 is 0 Å². The van der Waals surface area contributed by atoms with Crippen molar-refractivity contribution in [3.05, 3.63) is 29.8 Å². The number of benzene rings is 1. The lowest BCUT2D eigenvalue weighted by Gasteiger charge is -2.30. The molecule has 1 saturated heterocycles. The lowest BCUT2D eigenvalue weighted by molar-refractivity contribution is -0.118. The number of nitrogens with two attached hydrogens (primary N) is 1. The van der Waals surface area contributed by atoms with E-state index in [0.717, 1.165) is 18.2 Å². The summed E-state index contributed by atoms with van der Waals surface area (Å²) < 4.78 is 4.88. The molecule has 1 amide bonds. The highest BCUT2D eigenvalue weighted by atomic mass is 16.5. The molecule has 1 aliphatic rings. The van der Waals surface area contributed by atoms with Gasteiger partial charge in [-0.15, -0.1) is 0 Å². The Morgan fingerprint density at radius 2 is 2.00 bits per heavy atom. The SMILES string of the molecule is COCC(N)C(=O)Nc1ccc(CN2CCC(C)CC2)cc1. The number of likely N-dealkylation sites (tertiary alicyclic amines) is 1. The second-order valence-corrected chi connectivity index (χ2v) is 6.21. The van der Waals surface area contributed by atoms with Gasteiger partial charge in [0, 0.05) is 19.3 Å². The van der Waals surface area contributed by atoms with E-state index in [-0.39, 0.29) is 12.5 Å². The van der Waals surface area contributed by atoms with Crippen LogP contribution in [0.5, 0.6) is 0 Å². The fourth-order valence-electron chi connectivity index (χ4n) is 2.66. The number of carbonyl (C=O) groups is 1. The molecule has 1 unspecified atom stereocenters. The topological polar surface area (TPSA) is 67.6 Å². The third kappa shape index (κ3) is 5.09. The van der Waals surface area contributed by atoms with Crippen LogP contribution in [0.1, 0.15) is 25.3 Å². The summed E-state index contributed by atoms with van der Waals surface area (Å²) in [7, 11) is 1.53. The average Bonchev–Trinajstić information content (AvgIpc) is 2.51. The number of ether oxygens (including phenoxy) is 1. The van der Waals surface area contributed by atoms with Gasteiger partial charge in [0.05, 0.1) is 6.61 Å². The minimum atomic E-state index is -0.639. The van der Waals surface area contributed by atoms with Gasteiger partial charge in [-0.1, -0.05) is 19.1 Å². The Bertz CT molecular complexity index is 467. The first-order chi connectivity index (χ1) is 10.6. The molecule has 1 aromatic carbocycles. The van der Waals surface area contributed by atoms with Gasteiger partial charge in [-0.3, -0.25) is 9.69 Å². The molecule has 1 atom stereocenters. The first-order valence-electron chi connectivity index (χ1n) is 7.95. The lowest BCUT2D eigenvalue weighted by Crippen LogP contribution is -2.39. The van der Waals surface area contributed by atoms with Crippen LogP contribution in [0.3, 0.4) is 0 Å². The molecule has 2 rings (SSSR count).